The molecule has 1 aromatic heterocycles. The molecule has 0 aliphatic heterocycles. The molecule has 0 spiro atoms. The Kier molecular flexibility index (Phi) is 15.3. The molecule has 13 nitrogen and oxygen atoms in total. The number of rotatable bonds is 11. The first kappa shape index (κ1) is 43.4. The third kappa shape index (κ3) is 14.4. The lowest BCUT2D eigenvalue weighted by Gasteiger charge is -2.10. The summed E-state index contributed by atoms with van der Waals surface area (Å²) < 4.78 is 63.5. The molecule has 20 heteroatoms. The number of carbonyl (C=O) groups is 5. The van der Waals surface area contributed by atoms with Gasteiger partial charge in [-0.3, -0.25) is 14.4 Å². The molecule has 4 aromatic rings. The molecule has 1 fully saturated rings. The third-order valence-electron chi connectivity index (χ3n) is 7.06. The largest absolute Gasteiger partial charge is 0.490 e. The van der Waals surface area contributed by atoms with Gasteiger partial charge < -0.3 is 37.2 Å². The first-order valence-electron chi connectivity index (χ1n) is 16.0. The molecule has 0 atom stereocenters. The number of alkyl halides is 6. The van der Waals surface area contributed by atoms with Gasteiger partial charge in [-0.15, -0.1) is 0 Å². The van der Waals surface area contributed by atoms with Gasteiger partial charge in [-0.2, -0.15) is 26.3 Å². The molecule has 0 unspecified atom stereocenters. The van der Waals surface area contributed by atoms with Crippen LogP contribution in [0.3, 0.4) is 0 Å². The fourth-order valence-corrected chi connectivity index (χ4v) is 5.11. The first-order valence-corrected chi connectivity index (χ1v) is 16.8. The van der Waals surface area contributed by atoms with Crippen LogP contribution in [0.25, 0.3) is 11.3 Å². The van der Waals surface area contributed by atoms with Gasteiger partial charge >= 0.3 is 24.3 Å². The highest BCUT2D eigenvalue weighted by atomic mass is 32.1. The van der Waals surface area contributed by atoms with Crippen LogP contribution in [0.5, 0.6) is 0 Å². The van der Waals surface area contributed by atoms with Gasteiger partial charge in [0.05, 0.1) is 5.69 Å². The zero-order valence-corrected chi connectivity index (χ0v) is 29.5. The van der Waals surface area contributed by atoms with E-state index in [1.807, 2.05) is 49.4 Å². The van der Waals surface area contributed by atoms with Gasteiger partial charge in [-0.05, 0) is 55.2 Å². The number of carboxylic acids is 2. The highest BCUT2D eigenvalue weighted by Gasteiger charge is 2.39. The van der Waals surface area contributed by atoms with Crippen LogP contribution in [0.1, 0.15) is 50.4 Å². The molecule has 0 radical (unpaired) electrons. The van der Waals surface area contributed by atoms with Crippen LogP contribution in [0, 0.1) is 6.92 Å². The lowest BCUT2D eigenvalue weighted by molar-refractivity contribution is -0.193. The standard InChI is InChI=1S/C31H32N6O3S.2C2HF3O2/c1-19-10-11-22(29(39)35-23-12-13-23)17-25(19)36-31-37-27(21-8-5-9-24(16-21)34-26(38)14-15-32)28(41-31)30(40)33-18-20-6-3-2-4-7-20;2*3-2(4,5)1(6)7/h2-11,16-17,23H,12-15,18,32H2,1H3,(H,33,40)(H,34,38)(H,35,39)(H,36,37);2*(H,6,7). The molecule has 8 N–H and O–H groups in total. The van der Waals surface area contributed by atoms with Crippen molar-refractivity contribution in [1.82, 2.24) is 15.6 Å². The van der Waals surface area contributed by atoms with Crippen molar-refractivity contribution in [3.05, 3.63) is 94.4 Å². The van der Waals surface area contributed by atoms with E-state index in [-0.39, 0.29) is 36.7 Å². The van der Waals surface area contributed by atoms with Gasteiger partial charge in [-0.1, -0.05) is 59.9 Å². The van der Waals surface area contributed by atoms with E-state index in [9.17, 15) is 40.7 Å². The molecule has 3 aromatic carbocycles. The predicted octanol–water partition coefficient (Wildman–Crippen LogP) is 6.24. The van der Waals surface area contributed by atoms with E-state index in [0.29, 0.717) is 39.1 Å². The van der Waals surface area contributed by atoms with Crippen molar-refractivity contribution >= 4 is 57.5 Å². The average molecular weight is 797 g/mol. The number of amides is 3. The Morgan fingerprint density at radius 2 is 1.47 bits per heavy atom. The number of nitrogens with two attached hydrogens (primary N) is 1. The Labute approximate surface area is 313 Å². The molecule has 55 heavy (non-hydrogen) atoms. The van der Waals surface area contributed by atoms with Crippen LogP contribution in [-0.2, 0) is 20.9 Å². The number of nitrogens with one attached hydrogen (secondary N) is 4. The van der Waals surface area contributed by atoms with Crippen LogP contribution in [0.4, 0.5) is 42.8 Å². The summed E-state index contributed by atoms with van der Waals surface area (Å²) in [5.74, 6) is -6.07. The smallest absolute Gasteiger partial charge is 0.475 e. The fourth-order valence-electron chi connectivity index (χ4n) is 4.19. The number of aromatic nitrogens is 1. The van der Waals surface area contributed by atoms with E-state index < -0.39 is 24.3 Å². The number of carboxylic acid groups (broad SMARTS) is 2. The molecule has 1 heterocycles. The second-order valence-corrected chi connectivity index (χ2v) is 12.5. The van der Waals surface area contributed by atoms with Crippen LogP contribution < -0.4 is 27.0 Å². The maximum atomic E-state index is 13.4. The van der Waals surface area contributed by atoms with Gasteiger partial charge in [0.25, 0.3) is 11.8 Å². The minimum absolute atomic E-state index is 0.107. The zero-order chi connectivity index (χ0) is 40.9. The number of nitrogens with zero attached hydrogens (tertiary/aromatic N) is 1. The van der Waals surface area contributed by atoms with E-state index in [4.69, 9.17) is 30.5 Å². The number of aliphatic carboxylic acids is 2. The summed E-state index contributed by atoms with van der Waals surface area (Å²) in [6.45, 7) is 2.56. The maximum Gasteiger partial charge on any atom is 0.490 e. The normalized spacial score (nSPS) is 12.1. The molecular weight excluding hydrogens is 762 g/mol. The van der Waals surface area contributed by atoms with Crippen molar-refractivity contribution in [1.29, 1.82) is 0 Å². The Balaban J connectivity index is 0.000000494. The summed E-state index contributed by atoms with van der Waals surface area (Å²) in [7, 11) is 0. The molecule has 1 saturated carbocycles. The zero-order valence-electron chi connectivity index (χ0n) is 28.7. The van der Waals surface area contributed by atoms with Crippen LogP contribution in [0.15, 0.2) is 72.8 Å². The second-order valence-electron chi connectivity index (χ2n) is 11.5. The Morgan fingerprint density at radius 3 is 2.04 bits per heavy atom. The van der Waals surface area contributed by atoms with E-state index in [0.717, 1.165) is 29.7 Å². The Hall–Kier alpha value is -6.02. The van der Waals surface area contributed by atoms with Crippen molar-refractivity contribution in [2.45, 2.75) is 51.1 Å². The topological polar surface area (TPSA) is 213 Å². The van der Waals surface area contributed by atoms with Crippen molar-refractivity contribution in [2.75, 3.05) is 17.2 Å². The van der Waals surface area contributed by atoms with Crippen molar-refractivity contribution < 1.29 is 60.5 Å². The summed E-state index contributed by atoms with van der Waals surface area (Å²) in [4.78, 5) is 61.2. The molecule has 0 bridgehead atoms. The number of hydrogen-bond donors (Lipinski definition) is 7. The SMILES string of the molecule is Cc1ccc(C(=O)NC2CC2)cc1Nc1nc(-c2cccc(NC(=O)CCN)c2)c(C(=O)NCc2ccccc2)s1.O=C(O)C(F)(F)F.O=C(O)C(F)(F)F. The second kappa shape index (κ2) is 19.3. The minimum atomic E-state index is -5.08. The van der Waals surface area contributed by atoms with E-state index >= 15 is 0 Å². The number of aryl methyl sites for hydroxylation is 1. The molecule has 1 aliphatic carbocycles. The summed E-state index contributed by atoms with van der Waals surface area (Å²) in [5, 5.41) is 26.9. The monoisotopic (exact) mass is 796 g/mol. The van der Waals surface area contributed by atoms with Crippen molar-refractivity contribution in [3.8, 4) is 11.3 Å². The van der Waals surface area contributed by atoms with Gasteiger partial charge in [0.2, 0.25) is 5.91 Å². The molecule has 3 amide bonds. The van der Waals surface area contributed by atoms with Gasteiger partial charge in [0.1, 0.15) is 4.88 Å². The Morgan fingerprint density at radius 1 is 0.855 bits per heavy atom. The number of halogens is 6. The summed E-state index contributed by atoms with van der Waals surface area (Å²) in [6, 6.07) is 22.6. The van der Waals surface area contributed by atoms with Gasteiger partial charge in [0.15, 0.2) is 5.13 Å². The van der Waals surface area contributed by atoms with Crippen LogP contribution in [0.2, 0.25) is 0 Å². The quantitative estimate of drug-likeness (QED) is 0.0850. The van der Waals surface area contributed by atoms with E-state index in [2.05, 4.69) is 21.3 Å². The van der Waals surface area contributed by atoms with Crippen LogP contribution in [-0.4, -0.2) is 69.8 Å². The minimum Gasteiger partial charge on any atom is -0.475 e. The van der Waals surface area contributed by atoms with Crippen LogP contribution >= 0.6 is 11.3 Å². The van der Waals surface area contributed by atoms with Gasteiger partial charge in [0, 0.05) is 48.1 Å². The first-order chi connectivity index (χ1) is 25.8. The van der Waals surface area contributed by atoms with Gasteiger partial charge in [-0.25, -0.2) is 14.6 Å². The number of hydrogen-bond acceptors (Lipinski definition) is 9. The van der Waals surface area contributed by atoms with Crippen molar-refractivity contribution in [3.63, 3.8) is 0 Å². The number of thiazole rings is 1. The molecule has 294 valence electrons. The lowest BCUT2D eigenvalue weighted by Crippen LogP contribution is -2.25. The molecule has 1 aliphatic rings. The summed E-state index contributed by atoms with van der Waals surface area (Å²) in [5.41, 5.74) is 10.5. The predicted molar refractivity (Wildman–Crippen MR) is 190 cm³/mol. The number of carbonyl (C=O) groups excluding carboxylic acids is 3. The molecule has 5 rings (SSSR count). The maximum absolute atomic E-state index is 13.4. The lowest BCUT2D eigenvalue weighted by atomic mass is 10.1. The summed E-state index contributed by atoms with van der Waals surface area (Å²) in [6.07, 6.45) is -7.94. The average Bonchev–Trinajstić information content (AvgIpc) is 3.83. The molecular formula is C35H34F6N6O7S. The van der Waals surface area contributed by atoms with Crippen molar-refractivity contribution in [2.24, 2.45) is 5.73 Å². The fraction of sp³-hybridized carbons (Fsp3) is 0.257. The highest BCUT2D eigenvalue weighted by Crippen LogP contribution is 2.35. The van der Waals surface area contributed by atoms with E-state index in [1.54, 1.807) is 30.3 Å². The highest BCUT2D eigenvalue weighted by molar-refractivity contribution is 7.18. The Bertz CT molecular complexity index is 1960. The van der Waals surface area contributed by atoms with E-state index in [1.165, 1.54) is 11.3 Å². The number of benzene rings is 3. The molecule has 0 saturated heterocycles. The summed E-state index contributed by atoms with van der Waals surface area (Å²) >= 11 is 1.23. The third-order valence-corrected chi connectivity index (χ3v) is 8.03. The number of anilines is 3.